The molecule has 0 aliphatic heterocycles. The topological polar surface area (TPSA) is 38.7 Å². The number of hydrogen-bond donors (Lipinski definition) is 0. The summed E-state index contributed by atoms with van der Waals surface area (Å²) < 4.78 is 5.08. The number of ether oxygens (including phenoxy) is 1. The molecule has 0 N–H and O–H groups in total. The summed E-state index contributed by atoms with van der Waals surface area (Å²) in [6.07, 6.45) is 1.23. The van der Waals surface area contributed by atoms with Crippen molar-refractivity contribution in [2.45, 2.75) is 13.2 Å². The quantitative estimate of drug-likeness (QED) is 0.607. The van der Waals surface area contributed by atoms with Gasteiger partial charge in [-0.2, -0.15) is 0 Å². The van der Waals surface area contributed by atoms with Gasteiger partial charge >= 0.3 is 5.97 Å². The molecule has 0 amide bonds. The molecule has 19 heavy (non-hydrogen) atoms. The van der Waals surface area contributed by atoms with E-state index in [4.69, 9.17) is 4.74 Å². The Hall–Kier alpha value is -2.42. The molecular formula is C16H15NO2. The normalized spacial score (nSPS) is 10.5. The van der Waals surface area contributed by atoms with Crippen LogP contribution in [0.25, 0.3) is 0 Å². The predicted octanol–water partition coefficient (Wildman–Crippen LogP) is 3.00. The lowest BCUT2D eigenvalue weighted by Crippen LogP contribution is -2.05. The second kappa shape index (κ2) is 7.11. The molecule has 0 aromatic heterocycles. The summed E-state index contributed by atoms with van der Waals surface area (Å²) in [6, 6.07) is 19.3. The number of carbonyl (C=O) groups excluding carboxylic acids is 1. The van der Waals surface area contributed by atoms with Crippen molar-refractivity contribution in [3.05, 3.63) is 71.8 Å². The fraction of sp³-hybridized carbons (Fsp3) is 0.125. The Morgan fingerprint density at radius 1 is 0.947 bits per heavy atom. The minimum atomic E-state index is -0.417. The van der Waals surface area contributed by atoms with Gasteiger partial charge in [-0.25, -0.2) is 4.79 Å². The summed E-state index contributed by atoms with van der Waals surface area (Å²) in [4.78, 5) is 15.5. The third-order valence-corrected chi connectivity index (χ3v) is 2.54. The van der Waals surface area contributed by atoms with Crippen molar-refractivity contribution in [2.24, 2.45) is 4.99 Å². The van der Waals surface area contributed by atoms with Crippen LogP contribution < -0.4 is 0 Å². The van der Waals surface area contributed by atoms with Gasteiger partial charge in [-0.3, -0.25) is 4.99 Å². The van der Waals surface area contributed by atoms with Crippen molar-refractivity contribution in [1.82, 2.24) is 0 Å². The molecule has 3 nitrogen and oxygen atoms in total. The minimum absolute atomic E-state index is 0.275. The van der Waals surface area contributed by atoms with Crippen molar-refractivity contribution in [3.8, 4) is 0 Å². The summed E-state index contributed by atoms with van der Waals surface area (Å²) in [7, 11) is 0. The molecule has 96 valence electrons. The third-order valence-electron chi connectivity index (χ3n) is 2.54. The van der Waals surface area contributed by atoms with Gasteiger partial charge in [-0.1, -0.05) is 60.7 Å². The first-order valence-electron chi connectivity index (χ1n) is 6.09. The van der Waals surface area contributed by atoms with Crippen LogP contribution in [0.1, 0.15) is 11.1 Å². The van der Waals surface area contributed by atoms with E-state index in [9.17, 15) is 4.79 Å². The number of carbonyl (C=O) groups is 1. The first-order chi connectivity index (χ1) is 9.34. The zero-order chi connectivity index (χ0) is 13.3. The Kier molecular flexibility index (Phi) is 4.87. The Balaban J connectivity index is 1.75. The molecule has 0 saturated carbocycles. The van der Waals surface area contributed by atoms with Crippen LogP contribution in [0.2, 0.25) is 0 Å². The van der Waals surface area contributed by atoms with Crippen molar-refractivity contribution in [2.75, 3.05) is 0 Å². The van der Waals surface area contributed by atoms with Gasteiger partial charge in [0.15, 0.2) is 0 Å². The van der Waals surface area contributed by atoms with Gasteiger partial charge < -0.3 is 4.74 Å². The van der Waals surface area contributed by atoms with Gasteiger partial charge in [0.25, 0.3) is 0 Å². The molecule has 0 atom stereocenters. The maximum atomic E-state index is 11.4. The van der Waals surface area contributed by atoms with Crippen LogP contribution in [-0.2, 0) is 22.7 Å². The first-order valence-corrected chi connectivity index (χ1v) is 6.09. The van der Waals surface area contributed by atoms with Gasteiger partial charge in [0.2, 0.25) is 0 Å². The fourth-order valence-corrected chi connectivity index (χ4v) is 1.57. The Morgan fingerprint density at radius 2 is 1.53 bits per heavy atom. The summed E-state index contributed by atoms with van der Waals surface area (Å²) in [5.74, 6) is -0.417. The van der Waals surface area contributed by atoms with Gasteiger partial charge in [-0.05, 0) is 11.1 Å². The fourth-order valence-electron chi connectivity index (χ4n) is 1.57. The molecule has 0 bridgehead atoms. The average Bonchev–Trinajstić information content (AvgIpc) is 2.47. The highest BCUT2D eigenvalue weighted by molar-refractivity contribution is 6.23. The number of rotatable bonds is 5. The van der Waals surface area contributed by atoms with E-state index in [1.807, 2.05) is 60.7 Å². The van der Waals surface area contributed by atoms with Gasteiger partial charge in [0, 0.05) is 0 Å². The highest BCUT2D eigenvalue weighted by atomic mass is 16.5. The highest BCUT2D eigenvalue weighted by Crippen LogP contribution is 2.01. The van der Waals surface area contributed by atoms with Crippen LogP contribution in [0.4, 0.5) is 0 Å². The molecule has 0 aliphatic carbocycles. The van der Waals surface area contributed by atoms with Crippen LogP contribution in [0, 0.1) is 0 Å². The van der Waals surface area contributed by atoms with E-state index in [-0.39, 0.29) is 6.61 Å². The highest BCUT2D eigenvalue weighted by Gasteiger charge is 1.98. The Labute approximate surface area is 112 Å². The molecule has 0 spiro atoms. The molecule has 3 heteroatoms. The average molecular weight is 253 g/mol. The lowest BCUT2D eigenvalue weighted by Gasteiger charge is -2.01. The van der Waals surface area contributed by atoms with Crippen LogP contribution >= 0.6 is 0 Å². The second-order valence-corrected chi connectivity index (χ2v) is 4.05. The Morgan fingerprint density at radius 3 is 2.16 bits per heavy atom. The molecule has 0 unspecified atom stereocenters. The number of aliphatic imine (C=N–C) groups is 1. The zero-order valence-electron chi connectivity index (χ0n) is 10.5. The van der Waals surface area contributed by atoms with Crippen molar-refractivity contribution >= 4 is 12.2 Å². The molecule has 2 aromatic carbocycles. The molecule has 2 rings (SSSR count). The maximum absolute atomic E-state index is 11.4. The third kappa shape index (κ3) is 4.76. The van der Waals surface area contributed by atoms with E-state index >= 15 is 0 Å². The van der Waals surface area contributed by atoms with Crippen molar-refractivity contribution in [1.29, 1.82) is 0 Å². The van der Waals surface area contributed by atoms with E-state index in [1.54, 1.807) is 0 Å². The Bertz CT molecular complexity index is 535. The number of nitrogens with zero attached hydrogens (tertiary/aromatic N) is 1. The molecule has 0 saturated heterocycles. The summed E-state index contributed by atoms with van der Waals surface area (Å²) in [6.45, 7) is 0.762. The van der Waals surface area contributed by atoms with Crippen LogP contribution in [-0.4, -0.2) is 12.2 Å². The van der Waals surface area contributed by atoms with E-state index in [2.05, 4.69) is 4.99 Å². The summed E-state index contributed by atoms with van der Waals surface area (Å²) in [5, 5.41) is 0. The largest absolute Gasteiger partial charge is 0.457 e. The minimum Gasteiger partial charge on any atom is -0.457 e. The maximum Gasteiger partial charge on any atom is 0.349 e. The van der Waals surface area contributed by atoms with E-state index in [1.165, 1.54) is 6.21 Å². The van der Waals surface area contributed by atoms with Crippen LogP contribution in [0.15, 0.2) is 65.7 Å². The molecule has 0 radical (unpaired) electrons. The van der Waals surface area contributed by atoms with Crippen LogP contribution in [0.5, 0.6) is 0 Å². The first kappa shape index (κ1) is 13.0. The van der Waals surface area contributed by atoms with Gasteiger partial charge in [0.1, 0.15) is 12.8 Å². The molecule has 0 heterocycles. The lowest BCUT2D eigenvalue weighted by atomic mass is 10.2. The summed E-state index contributed by atoms with van der Waals surface area (Å²) >= 11 is 0. The smallest absolute Gasteiger partial charge is 0.349 e. The summed E-state index contributed by atoms with van der Waals surface area (Å²) in [5.41, 5.74) is 2.03. The number of benzene rings is 2. The zero-order valence-corrected chi connectivity index (χ0v) is 10.5. The number of hydrogen-bond acceptors (Lipinski definition) is 3. The molecular weight excluding hydrogens is 238 g/mol. The van der Waals surface area contributed by atoms with Crippen molar-refractivity contribution < 1.29 is 9.53 Å². The molecule has 0 fully saturated rings. The van der Waals surface area contributed by atoms with E-state index in [0.29, 0.717) is 6.54 Å². The van der Waals surface area contributed by atoms with Crippen molar-refractivity contribution in [3.63, 3.8) is 0 Å². The van der Waals surface area contributed by atoms with E-state index < -0.39 is 5.97 Å². The standard InChI is InChI=1S/C16H15NO2/c18-16(19-13-15-9-5-2-6-10-15)12-17-11-14-7-3-1-4-8-14/h1-10,12H,11,13H2. The number of esters is 1. The lowest BCUT2D eigenvalue weighted by molar-refractivity contribution is -0.136. The second-order valence-electron chi connectivity index (χ2n) is 4.05. The van der Waals surface area contributed by atoms with Crippen LogP contribution in [0.3, 0.4) is 0 Å². The predicted molar refractivity (Wildman–Crippen MR) is 74.9 cm³/mol. The monoisotopic (exact) mass is 253 g/mol. The molecule has 0 aliphatic rings. The molecule has 2 aromatic rings. The van der Waals surface area contributed by atoms with Gasteiger partial charge in [0.05, 0.1) is 6.54 Å². The SMILES string of the molecule is O=C(C=NCc1ccccc1)OCc1ccccc1. The van der Waals surface area contributed by atoms with Gasteiger partial charge in [-0.15, -0.1) is 0 Å². The van der Waals surface area contributed by atoms with E-state index in [0.717, 1.165) is 11.1 Å².